The van der Waals surface area contributed by atoms with Crippen molar-refractivity contribution in [1.82, 2.24) is 10.6 Å². The van der Waals surface area contributed by atoms with E-state index in [2.05, 4.69) is 10.6 Å². The van der Waals surface area contributed by atoms with E-state index in [4.69, 9.17) is 0 Å². The highest BCUT2D eigenvalue weighted by atomic mass is 16.3. The normalized spacial score (nSPS) is 30.2. The Bertz CT molecular complexity index is 690. The van der Waals surface area contributed by atoms with Crippen LogP contribution in [0, 0.1) is 17.8 Å². The lowest BCUT2D eigenvalue weighted by Crippen LogP contribution is -2.52. The Morgan fingerprint density at radius 1 is 1.16 bits per heavy atom. The number of phenolic OH excluding ortho intramolecular Hbond substituents is 2. The molecule has 2 fully saturated rings. The maximum absolute atomic E-state index is 11.6. The first-order valence-electron chi connectivity index (χ1n) is 8.86. The average molecular weight is 346 g/mol. The van der Waals surface area contributed by atoms with Crippen molar-refractivity contribution >= 4 is 11.8 Å². The quantitative estimate of drug-likeness (QED) is 0.609. The van der Waals surface area contributed by atoms with Gasteiger partial charge in [0.05, 0.1) is 0 Å². The third kappa shape index (κ3) is 3.05. The van der Waals surface area contributed by atoms with E-state index in [0.717, 1.165) is 19.3 Å². The molecule has 1 aromatic carbocycles. The van der Waals surface area contributed by atoms with Crippen molar-refractivity contribution in [2.24, 2.45) is 17.8 Å². The van der Waals surface area contributed by atoms with Crippen LogP contribution in [-0.4, -0.2) is 35.1 Å². The Morgan fingerprint density at radius 2 is 1.88 bits per heavy atom. The zero-order chi connectivity index (χ0) is 18.2. The van der Waals surface area contributed by atoms with Crippen molar-refractivity contribution < 1.29 is 19.8 Å². The fraction of sp³-hybridized carbons (Fsp3) is 0.579. The molecule has 0 spiro atoms. The summed E-state index contributed by atoms with van der Waals surface area (Å²) >= 11 is 0. The summed E-state index contributed by atoms with van der Waals surface area (Å²) in [5.74, 6) is 0.855. The van der Waals surface area contributed by atoms with Crippen molar-refractivity contribution in [2.45, 2.75) is 38.5 Å². The Kier molecular flexibility index (Phi) is 4.62. The molecule has 0 heterocycles. The van der Waals surface area contributed by atoms with Crippen molar-refractivity contribution in [3.05, 3.63) is 23.8 Å². The zero-order valence-corrected chi connectivity index (χ0v) is 14.7. The highest BCUT2D eigenvalue weighted by Gasteiger charge is 2.59. The lowest BCUT2D eigenvalue weighted by Gasteiger charge is -2.45. The van der Waals surface area contributed by atoms with Crippen molar-refractivity contribution in [2.75, 3.05) is 13.1 Å². The number of amides is 2. The van der Waals surface area contributed by atoms with Gasteiger partial charge < -0.3 is 20.8 Å². The summed E-state index contributed by atoms with van der Waals surface area (Å²) in [6, 6.07) is 4.57. The van der Waals surface area contributed by atoms with E-state index in [9.17, 15) is 19.8 Å². The minimum Gasteiger partial charge on any atom is -0.508 e. The SMILES string of the molecule is CC(=O)NCC1C2CCC(C2)C1(CNC(C)=O)c1cc(O)ccc1O. The largest absolute Gasteiger partial charge is 0.508 e. The van der Waals surface area contributed by atoms with Gasteiger partial charge in [0.2, 0.25) is 11.8 Å². The fourth-order valence-corrected chi connectivity index (χ4v) is 5.13. The summed E-state index contributed by atoms with van der Waals surface area (Å²) in [6.07, 6.45) is 3.13. The molecule has 0 aromatic heterocycles. The monoisotopic (exact) mass is 346 g/mol. The first kappa shape index (κ1) is 17.6. The van der Waals surface area contributed by atoms with E-state index in [1.165, 1.54) is 26.0 Å². The second-order valence-electron chi connectivity index (χ2n) is 7.47. The molecule has 0 saturated heterocycles. The zero-order valence-electron chi connectivity index (χ0n) is 14.7. The Hall–Kier alpha value is -2.24. The lowest BCUT2D eigenvalue weighted by atomic mass is 9.61. The van der Waals surface area contributed by atoms with E-state index in [1.807, 2.05) is 0 Å². The molecule has 6 nitrogen and oxygen atoms in total. The molecule has 4 atom stereocenters. The van der Waals surface area contributed by atoms with E-state index in [-0.39, 0.29) is 29.2 Å². The van der Waals surface area contributed by atoms with Crippen LogP contribution in [0.1, 0.15) is 38.7 Å². The third-order valence-electron chi connectivity index (χ3n) is 6.11. The minimum atomic E-state index is -0.486. The summed E-state index contributed by atoms with van der Waals surface area (Å²) in [6.45, 7) is 3.87. The van der Waals surface area contributed by atoms with Crippen LogP contribution in [0.5, 0.6) is 11.5 Å². The number of hydrogen-bond donors (Lipinski definition) is 4. The van der Waals surface area contributed by atoms with E-state index in [1.54, 1.807) is 6.07 Å². The van der Waals surface area contributed by atoms with Crippen molar-refractivity contribution in [1.29, 1.82) is 0 Å². The van der Waals surface area contributed by atoms with Crippen LogP contribution in [0.3, 0.4) is 0 Å². The van der Waals surface area contributed by atoms with Crippen LogP contribution in [0.2, 0.25) is 0 Å². The van der Waals surface area contributed by atoms with Crippen LogP contribution in [-0.2, 0) is 15.0 Å². The number of rotatable bonds is 5. The summed E-state index contributed by atoms with van der Waals surface area (Å²) in [4.78, 5) is 23.1. The molecule has 136 valence electrons. The molecule has 2 aliphatic rings. The number of phenols is 2. The molecule has 25 heavy (non-hydrogen) atoms. The standard InChI is InChI=1S/C19H26N2O4/c1-11(22)20-9-17-13-3-4-14(7-13)19(17,10-21-12(2)23)16-8-15(24)5-6-18(16)25/h5-6,8,13-14,17,24-25H,3-4,7,9-10H2,1-2H3,(H,20,22)(H,21,23). The molecule has 2 aliphatic carbocycles. The second kappa shape index (κ2) is 6.58. The van der Waals surface area contributed by atoms with Crippen molar-refractivity contribution in [3.8, 4) is 11.5 Å². The molecule has 6 heteroatoms. The maximum Gasteiger partial charge on any atom is 0.216 e. The molecule has 3 rings (SSSR count). The summed E-state index contributed by atoms with van der Waals surface area (Å²) in [7, 11) is 0. The highest BCUT2D eigenvalue weighted by molar-refractivity contribution is 5.73. The molecule has 2 amide bonds. The van der Waals surface area contributed by atoms with Gasteiger partial charge in [0.15, 0.2) is 0 Å². The number of nitrogens with one attached hydrogen (secondary N) is 2. The Labute approximate surface area is 147 Å². The van der Waals surface area contributed by atoms with Crippen molar-refractivity contribution in [3.63, 3.8) is 0 Å². The predicted octanol–water partition coefficient (Wildman–Crippen LogP) is 1.65. The molecular formula is C19H26N2O4. The molecular weight excluding hydrogens is 320 g/mol. The molecule has 4 unspecified atom stereocenters. The number of fused-ring (bicyclic) bond motifs is 2. The summed E-state index contributed by atoms with van der Waals surface area (Å²) in [5.41, 5.74) is 0.184. The lowest BCUT2D eigenvalue weighted by molar-refractivity contribution is -0.120. The Morgan fingerprint density at radius 3 is 2.56 bits per heavy atom. The number of hydrogen-bond acceptors (Lipinski definition) is 4. The molecule has 1 aromatic rings. The first-order valence-corrected chi connectivity index (χ1v) is 8.86. The van der Waals surface area contributed by atoms with Gasteiger partial charge in [-0.15, -0.1) is 0 Å². The summed E-state index contributed by atoms with van der Waals surface area (Å²) < 4.78 is 0. The van der Waals surface area contributed by atoms with Gasteiger partial charge >= 0.3 is 0 Å². The van der Waals surface area contributed by atoms with E-state index < -0.39 is 5.41 Å². The molecule has 0 aliphatic heterocycles. The van der Waals surface area contributed by atoms with Crippen LogP contribution in [0.25, 0.3) is 0 Å². The van der Waals surface area contributed by atoms with Crippen LogP contribution in [0.15, 0.2) is 18.2 Å². The minimum absolute atomic E-state index is 0.0867. The smallest absolute Gasteiger partial charge is 0.216 e. The topological polar surface area (TPSA) is 98.7 Å². The molecule has 2 saturated carbocycles. The number of aromatic hydroxyl groups is 2. The molecule has 4 N–H and O–H groups in total. The van der Waals surface area contributed by atoms with Gasteiger partial charge in [-0.1, -0.05) is 0 Å². The average Bonchev–Trinajstić information content (AvgIpc) is 3.13. The van der Waals surface area contributed by atoms with Gasteiger partial charge in [-0.3, -0.25) is 9.59 Å². The highest BCUT2D eigenvalue weighted by Crippen LogP contribution is 2.61. The van der Waals surface area contributed by atoms with Gasteiger partial charge in [0.25, 0.3) is 0 Å². The van der Waals surface area contributed by atoms with E-state index in [0.29, 0.717) is 30.5 Å². The first-order chi connectivity index (χ1) is 11.8. The van der Waals surface area contributed by atoms with Gasteiger partial charge in [0, 0.05) is 37.9 Å². The number of carbonyl (C=O) groups is 2. The number of benzene rings is 1. The molecule has 0 radical (unpaired) electrons. The van der Waals surface area contributed by atoms with Gasteiger partial charge in [-0.05, 0) is 55.2 Å². The van der Waals surface area contributed by atoms with Crippen LogP contribution < -0.4 is 10.6 Å². The van der Waals surface area contributed by atoms with Crippen LogP contribution in [0.4, 0.5) is 0 Å². The molecule has 2 bridgehead atoms. The fourth-order valence-electron chi connectivity index (χ4n) is 5.13. The Balaban J connectivity index is 2.06. The van der Waals surface area contributed by atoms with E-state index >= 15 is 0 Å². The van der Waals surface area contributed by atoms with Gasteiger partial charge in [-0.25, -0.2) is 0 Å². The van der Waals surface area contributed by atoms with Crippen LogP contribution >= 0.6 is 0 Å². The maximum atomic E-state index is 11.6. The second-order valence-corrected chi connectivity index (χ2v) is 7.47. The van der Waals surface area contributed by atoms with Gasteiger partial charge in [0.1, 0.15) is 11.5 Å². The van der Waals surface area contributed by atoms with Gasteiger partial charge in [-0.2, -0.15) is 0 Å². The predicted molar refractivity (Wildman–Crippen MR) is 93.1 cm³/mol. The number of carbonyl (C=O) groups excluding carboxylic acids is 2. The third-order valence-corrected chi connectivity index (χ3v) is 6.11. The summed E-state index contributed by atoms with van der Waals surface area (Å²) in [5, 5.41) is 26.4.